The molecule has 2 heterocycles. The summed E-state index contributed by atoms with van der Waals surface area (Å²) in [6.45, 7) is 10.4. The lowest BCUT2D eigenvalue weighted by atomic mass is 10.1. The van der Waals surface area contributed by atoms with Crippen molar-refractivity contribution in [2.45, 2.75) is 97.4 Å². The number of aryl methyl sites for hydroxylation is 2. The first-order valence-corrected chi connectivity index (χ1v) is 14.6. The van der Waals surface area contributed by atoms with Gasteiger partial charge < -0.3 is 19.1 Å². The third kappa shape index (κ3) is 8.84. The van der Waals surface area contributed by atoms with E-state index >= 15 is 0 Å². The van der Waals surface area contributed by atoms with Crippen molar-refractivity contribution < 1.29 is 14.3 Å². The molecule has 2 aromatic rings. The highest BCUT2D eigenvalue weighted by Gasteiger charge is 2.19. The van der Waals surface area contributed by atoms with Crippen LogP contribution in [0.1, 0.15) is 101 Å². The van der Waals surface area contributed by atoms with Gasteiger partial charge in [-0.15, -0.1) is 0 Å². The van der Waals surface area contributed by atoms with Crippen LogP contribution in [0.25, 0.3) is 11.0 Å². The zero-order chi connectivity index (χ0) is 26.5. The number of hydrogen-bond acceptors (Lipinski definition) is 5. The van der Waals surface area contributed by atoms with Gasteiger partial charge in [0.2, 0.25) is 0 Å². The zero-order valence-electron chi connectivity index (χ0n) is 23.5. The second-order valence-electron chi connectivity index (χ2n) is 10.4. The summed E-state index contributed by atoms with van der Waals surface area (Å²) in [6, 6.07) is 6.02. The molecule has 0 unspecified atom stereocenters. The largest absolute Gasteiger partial charge is 0.469 e. The van der Waals surface area contributed by atoms with E-state index in [0.717, 1.165) is 100.0 Å². The summed E-state index contributed by atoms with van der Waals surface area (Å²) in [4.78, 5) is 34.6. The van der Waals surface area contributed by atoms with Crippen LogP contribution in [0.5, 0.6) is 0 Å². The maximum atomic E-state index is 13.5. The maximum absolute atomic E-state index is 13.5. The fourth-order valence-electron chi connectivity index (χ4n) is 5.23. The number of carbonyl (C=O) groups excluding carboxylic acids is 2. The van der Waals surface area contributed by atoms with Crippen LogP contribution < -0.4 is 0 Å². The van der Waals surface area contributed by atoms with Gasteiger partial charge in [0.25, 0.3) is 5.91 Å². The van der Waals surface area contributed by atoms with Crippen LogP contribution in [0, 0.1) is 0 Å². The Bertz CT molecular complexity index is 973. The fourth-order valence-corrected chi connectivity index (χ4v) is 5.23. The molecule has 1 fully saturated rings. The predicted octanol–water partition coefficient (Wildman–Crippen LogP) is 5.84. The number of piperidine rings is 1. The number of imidazole rings is 1. The molecule has 1 aliphatic rings. The van der Waals surface area contributed by atoms with E-state index in [2.05, 4.69) is 29.4 Å². The summed E-state index contributed by atoms with van der Waals surface area (Å²) in [5.74, 6) is 1.02. The van der Waals surface area contributed by atoms with Crippen molar-refractivity contribution in [3.63, 3.8) is 0 Å². The van der Waals surface area contributed by atoms with Crippen molar-refractivity contribution in [1.82, 2.24) is 19.4 Å². The lowest BCUT2D eigenvalue weighted by Gasteiger charge is -2.26. The average Bonchev–Trinajstić information content (AvgIpc) is 3.27. The van der Waals surface area contributed by atoms with Gasteiger partial charge in [-0.25, -0.2) is 4.98 Å². The van der Waals surface area contributed by atoms with Gasteiger partial charge in [0.15, 0.2) is 0 Å². The van der Waals surface area contributed by atoms with Crippen LogP contribution in [-0.4, -0.2) is 71.1 Å². The number of nitrogens with zero attached hydrogens (tertiary/aromatic N) is 4. The minimum absolute atomic E-state index is 0.129. The molecule has 3 rings (SSSR count). The highest BCUT2D eigenvalue weighted by Crippen LogP contribution is 2.22. The minimum Gasteiger partial charge on any atom is -0.469 e. The molecular formula is C30H48N4O3. The number of carbonyl (C=O) groups is 2. The first kappa shape index (κ1) is 29.2. The van der Waals surface area contributed by atoms with E-state index in [-0.39, 0.29) is 11.9 Å². The van der Waals surface area contributed by atoms with Gasteiger partial charge in [-0.1, -0.05) is 33.1 Å². The van der Waals surface area contributed by atoms with Crippen LogP contribution >= 0.6 is 0 Å². The van der Waals surface area contributed by atoms with Crippen molar-refractivity contribution in [3.05, 3.63) is 29.6 Å². The first-order valence-electron chi connectivity index (χ1n) is 14.6. The number of rotatable bonds is 16. The lowest BCUT2D eigenvalue weighted by Crippen LogP contribution is -2.33. The minimum atomic E-state index is -0.158. The fraction of sp³-hybridized carbons (Fsp3) is 0.700. The van der Waals surface area contributed by atoms with Gasteiger partial charge in [-0.3, -0.25) is 9.59 Å². The third-order valence-corrected chi connectivity index (χ3v) is 7.49. The van der Waals surface area contributed by atoms with E-state index in [0.29, 0.717) is 6.42 Å². The number of unbranched alkanes of at least 4 members (excludes halogenated alkanes) is 3. The Labute approximate surface area is 223 Å². The predicted molar refractivity (Wildman–Crippen MR) is 150 cm³/mol. The second kappa shape index (κ2) is 15.8. The summed E-state index contributed by atoms with van der Waals surface area (Å²) < 4.78 is 7.12. The smallest absolute Gasteiger partial charge is 0.305 e. The van der Waals surface area contributed by atoms with Crippen LogP contribution in [0.2, 0.25) is 0 Å². The molecule has 7 heteroatoms. The van der Waals surface area contributed by atoms with Crippen LogP contribution in [-0.2, 0) is 22.5 Å². The monoisotopic (exact) mass is 512 g/mol. The van der Waals surface area contributed by atoms with Crippen molar-refractivity contribution in [3.8, 4) is 0 Å². The van der Waals surface area contributed by atoms with Gasteiger partial charge in [0.1, 0.15) is 5.82 Å². The number of benzene rings is 1. The standard InChI is InChI=1S/C30H48N4O3/c1-4-6-21-33(22-7-5-2)30(36)25-16-17-26-27(24-25)34(23-13-20-32-18-11-8-12-19-32)28(31-26)14-9-10-15-29(35)37-3/h16-17,24H,4-15,18-23H2,1-3H3. The molecule has 1 aliphatic heterocycles. The molecule has 1 aromatic carbocycles. The molecule has 1 saturated heterocycles. The number of esters is 1. The topological polar surface area (TPSA) is 67.7 Å². The van der Waals surface area contributed by atoms with Crippen molar-refractivity contribution in [1.29, 1.82) is 0 Å². The van der Waals surface area contributed by atoms with Crippen LogP contribution in [0.3, 0.4) is 0 Å². The van der Waals surface area contributed by atoms with Crippen LogP contribution in [0.4, 0.5) is 0 Å². The molecule has 0 atom stereocenters. The van der Waals surface area contributed by atoms with Crippen molar-refractivity contribution in [2.24, 2.45) is 0 Å². The molecule has 0 spiro atoms. The zero-order valence-corrected chi connectivity index (χ0v) is 23.5. The Morgan fingerprint density at radius 3 is 2.35 bits per heavy atom. The van der Waals surface area contributed by atoms with E-state index in [1.807, 2.05) is 17.0 Å². The second-order valence-corrected chi connectivity index (χ2v) is 10.4. The van der Waals surface area contributed by atoms with Gasteiger partial charge in [-0.05, 0) is 82.8 Å². The molecule has 37 heavy (non-hydrogen) atoms. The highest BCUT2D eigenvalue weighted by atomic mass is 16.5. The Balaban J connectivity index is 1.79. The van der Waals surface area contributed by atoms with Gasteiger partial charge in [0.05, 0.1) is 18.1 Å². The molecule has 0 saturated carbocycles. The SMILES string of the molecule is CCCCN(CCCC)C(=O)c1ccc2nc(CCCCC(=O)OC)n(CCCN3CCCCC3)c2c1. The number of hydrogen-bond donors (Lipinski definition) is 0. The molecule has 1 amide bonds. The van der Waals surface area contributed by atoms with Crippen molar-refractivity contribution in [2.75, 3.05) is 39.8 Å². The molecule has 0 aliphatic carbocycles. The Kier molecular flexibility index (Phi) is 12.4. The van der Waals surface area contributed by atoms with E-state index in [4.69, 9.17) is 9.72 Å². The molecule has 0 bridgehead atoms. The number of fused-ring (bicyclic) bond motifs is 1. The van der Waals surface area contributed by atoms with Gasteiger partial charge in [0, 0.05) is 38.0 Å². The van der Waals surface area contributed by atoms with Gasteiger partial charge >= 0.3 is 5.97 Å². The molecule has 0 N–H and O–H groups in total. The summed E-state index contributed by atoms with van der Waals surface area (Å²) in [6.07, 6.45) is 12.2. The number of aromatic nitrogens is 2. The molecule has 1 aromatic heterocycles. The van der Waals surface area contributed by atoms with Crippen molar-refractivity contribution >= 4 is 22.9 Å². The van der Waals surface area contributed by atoms with E-state index in [1.165, 1.54) is 39.5 Å². The molecule has 206 valence electrons. The Morgan fingerprint density at radius 2 is 1.68 bits per heavy atom. The van der Waals surface area contributed by atoms with E-state index in [1.54, 1.807) is 0 Å². The summed E-state index contributed by atoms with van der Waals surface area (Å²) in [5, 5.41) is 0. The number of methoxy groups -OCH3 is 1. The Morgan fingerprint density at radius 1 is 0.946 bits per heavy atom. The van der Waals surface area contributed by atoms with Crippen LogP contribution in [0.15, 0.2) is 18.2 Å². The lowest BCUT2D eigenvalue weighted by molar-refractivity contribution is -0.140. The normalized spacial score (nSPS) is 14.2. The maximum Gasteiger partial charge on any atom is 0.305 e. The Hall–Kier alpha value is -2.41. The van der Waals surface area contributed by atoms with Gasteiger partial charge in [-0.2, -0.15) is 0 Å². The summed E-state index contributed by atoms with van der Waals surface area (Å²) >= 11 is 0. The average molecular weight is 513 g/mol. The quantitative estimate of drug-likeness (QED) is 0.209. The molecule has 7 nitrogen and oxygen atoms in total. The number of ether oxygens (including phenoxy) is 1. The van der Waals surface area contributed by atoms with E-state index in [9.17, 15) is 9.59 Å². The molecular weight excluding hydrogens is 464 g/mol. The molecule has 0 radical (unpaired) electrons. The third-order valence-electron chi connectivity index (χ3n) is 7.49. The first-order chi connectivity index (χ1) is 18.1. The number of amides is 1. The van der Waals surface area contributed by atoms with E-state index < -0.39 is 0 Å². The summed E-state index contributed by atoms with van der Waals surface area (Å²) in [7, 11) is 1.44. The summed E-state index contributed by atoms with van der Waals surface area (Å²) in [5.41, 5.74) is 2.76. The highest BCUT2D eigenvalue weighted by molar-refractivity contribution is 5.97. The number of likely N-dealkylation sites (tertiary alicyclic amines) is 1.